The summed E-state index contributed by atoms with van der Waals surface area (Å²) in [5.41, 5.74) is 3.90. The number of amides is 3. The molecule has 5 aromatic heterocycles. The van der Waals surface area contributed by atoms with Gasteiger partial charge in [-0.2, -0.15) is 19.7 Å². The number of hydrogen-bond acceptors (Lipinski definition) is 14. The first kappa shape index (κ1) is 43.4. The zero-order valence-corrected chi connectivity index (χ0v) is 37.3. The minimum Gasteiger partial charge on any atom is -0.485 e. The van der Waals surface area contributed by atoms with Crippen molar-refractivity contribution in [1.82, 2.24) is 54.3 Å². The minimum atomic E-state index is -4.08. The van der Waals surface area contributed by atoms with Crippen molar-refractivity contribution in [3.8, 4) is 17.0 Å². The number of urea groups is 1. The van der Waals surface area contributed by atoms with E-state index in [0.29, 0.717) is 47.3 Å². The van der Waals surface area contributed by atoms with E-state index in [1.807, 2.05) is 45.9 Å². The lowest BCUT2D eigenvalue weighted by Crippen LogP contribution is -2.49. The van der Waals surface area contributed by atoms with E-state index in [-0.39, 0.29) is 58.5 Å². The van der Waals surface area contributed by atoms with Gasteiger partial charge >= 0.3 is 6.03 Å². The number of aromatic nitrogens is 9. The van der Waals surface area contributed by atoms with Gasteiger partial charge in [-0.1, -0.05) is 12.1 Å². The molecule has 2 N–H and O–H groups in total. The van der Waals surface area contributed by atoms with E-state index in [0.717, 1.165) is 48.6 Å². The molecule has 0 spiro atoms. The van der Waals surface area contributed by atoms with Gasteiger partial charge in [-0.25, -0.2) is 36.9 Å². The van der Waals surface area contributed by atoms with Gasteiger partial charge in [0.1, 0.15) is 24.1 Å². The predicted molar refractivity (Wildman–Crippen MR) is 237 cm³/mol. The van der Waals surface area contributed by atoms with Crippen LogP contribution in [0.5, 0.6) is 5.75 Å². The summed E-state index contributed by atoms with van der Waals surface area (Å²) in [4.78, 5) is 41.9. The van der Waals surface area contributed by atoms with Crippen molar-refractivity contribution < 1.29 is 31.9 Å². The number of pyridine rings is 1. The Kier molecular flexibility index (Phi) is 11.8. The van der Waals surface area contributed by atoms with Crippen LogP contribution in [0.3, 0.4) is 0 Å². The molecule has 2 aromatic carbocycles. The number of imide groups is 1. The number of carbonyl (C=O) groups excluding carboxylic acids is 2. The maximum absolute atomic E-state index is 15.8. The number of hydrogen-bond donors (Lipinski definition) is 2. The fourth-order valence-corrected chi connectivity index (χ4v) is 9.55. The molecule has 2 saturated heterocycles. The molecule has 1 atom stereocenters. The van der Waals surface area contributed by atoms with E-state index < -0.39 is 21.7 Å². The van der Waals surface area contributed by atoms with E-state index in [4.69, 9.17) is 14.5 Å². The van der Waals surface area contributed by atoms with Gasteiger partial charge in [-0.3, -0.25) is 19.9 Å². The van der Waals surface area contributed by atoms with Crippen LogP contribution in [0.15, 0.2) is 83.1 Å². The number of nitrogens with zero attached hydrogens (tertiary/aromatic N) is 11. The normalized spacial score (nSPS) is 15.9. The Hall–Kier alpha value is -6.84. The highest BCUT2D eigenvalue weighted by Crippen LogP contribution is 2.35. The molecule has 0 bridgehead atoms. The number of piperidine rings is 1. The summed E-state index contributed by atoms with van der Waals surface area (Å²) in [6.07, 6.45) is 6.31. The third-order valence-corrected chi connectivity index (χ3v) is 13.2. The quantitative estimate of drug-likeness (QED) is 0.125. The Morgan fingerprint density at radius 2 is 1.77 bits per heavy atom. The number of ether oxygens (including phenoxy) is 2. The van der Waals surface area contributed by atoms with Crippen LogP contribution in [0.2, 0.25) is 0 Å². The molecule has 2 aliphatic heterocycles. The lowest BCUT2D eigenvalue weighted by Gasteiger charge is -2.31. The van der Waals surface area contributed by atoms with E-state index in [9.17, 15) is 18.0 Å². The van der Waals surface area contributed by atoms with Crippen LogP contribution in [0.1, 0.15) is 70.4 Å². The van der Waals surface area contributed by atoms with Gasteiger partial charge in [-0.05, 0) is 102 Å². The number of aryl methyl sites for hydroxylation is 1. The highest BCUT2D eigenvalue weighted by molar-refractivity contribution is 7.91. The van der Waals surface area contributed by atoms with Crippen LogP contribution in [-0.4, -0.2) is 102 Å². The summed E-state index contributed by atoms with van der Waals surface area (Å²) in [6.45, 7) is 10.4. The van der Waals surface area contributed by atoms with Gasteiger partial charge < -0.3 is 14.8 Å². The van der Waals surface area contributed by atoms with Crippen LogP contribution in [0.4, 0.5) is 26.6 Å². The fourth-order valence-electron chi connectivity index (χ4n) is 8.21. The fraction of sp³-hybridized carbons (Fsp3) is 0.364. The van der Waals surface area contributed by atoms with Crippen molar-refractivity contribution in [3.05, 3.63) is 90.4 Å². The first-order valence-electron chi connectivity index (χ1n) is 21.4. The van der Waals surface area contributed by atoms with Crippen molar-refractivity contribution in [3.63, 3.8) is 0 Å². The van der Waals surface area contributed by atoms with Crippen LogP contribution in [-0.2, 0) is 33.0 Å². The van der Waals surface area contributed by atoms with Crippen LogP contribution < -0.4 is 20.3 Å². The van der Waals surface area contributed by atoms with Gasteiger partial charge in [0.2, 0.25) is 27.3 Å². The van der Waals surface area contributed by atoms with Crippen LogP contribution >= 0.6 is 0 Å². The minimum absolute atomic E-state index is 0.0202. The second kappa shape index (κ2) is 17.6. The smallest absolute Gasteiger partial charge is 0.329 e. The van der Waals surface area contributed by atoms with E-state index in [2.05, 4.69) is 40.8 Å². The number of likely N-dealkylation sites (tertiary alicyclic amines) is 1. The van der Waals surface area contributed by atoms with Crippen molar-refractivity contribution in [2.24, 2.45) is 7.05 Å². The van der Waals surface area contributed by atoms with E-state index in [1.54, 1.807) is 40.9 Å². The summed E-state index contributed by atoms with van der Waals surface area (Å²) >= 11 is 0. The maximum Gasteiger partial charge on any atom is 0.329 e. The first-order chi connectivity index (χ1) is 31.2. The van der Waals surface area contributed by atoms with Gasteiger partial charge in [0.05, 0.1) is 33.2 Å². The molecular formula is C44H48FN13O6S. The van der Waals surface area contributed by atoms with Gasteiger partial charge in [-0.15, -0.1) is 5.10 Å². The molecule has 7 aromatic rings. The molecular weight excluding hydrogens is 858 g/mol. The van der Waals surface area contributed by atoms with Crippen molar-refractivity contribution >= 4 is 55.9 Å². The number of halogens is 1. The SMILES string of the molecule is CCOC(C)n1cc(-c2ncn3nc(Nc4ccc(S(=O)(=O)c5cccc(CN6CCC(c7ccc8c(N9CCC(=O)NC9=O)nn(C)c8n7)CC6)c5)cc4F)nc3c2OC(C)C)cn1. The largest absolute Gasteiger partial charge is 0.485 e. The number of benzene rings is 2. The van der Waals surface area contributed by atoms with E-state index in [1.165, 1.54) is 33.9 Å². The Morgan fingerprint density at radius 3 is 2.52 bits per heavy atom. The zero-order chi connectivity index (χ0) is 45.6. The molecule has 7 heterocycles. The van der Waals surface area contributed by atoms with Crippen LogP contribution in [0.25, 0.3) is 27.9 Å². The number of fused-ring (bicyclic) bond motifs is 2. The monoisotopic (exact) mass is 905 g/mol. The standard InChI is InChI=1S/C44H48FN13O6S/c1-6-63-27(4)57-24-30(22-47-57)38-39(64-26(2)3)42-51-43(53-58(42)25-46-38)49-36-12-10-32(21-34(36)45)65(61,62)31-9-7-8-28(20-31)23-55-17-14-29(15-18-55)35-13-11-33-40(48-35)54(5)52-41(33)56-19-16-37(59)50-44(56)60/h7-13,20-22,24-27,29H,6,14-19,23H2,1-5H3,(H,49,53)(H,50,59,60). The third-order valence-electron chi connectivity index (χ3n) is 11.5. The third kappa shape index (κ3) is 8.73. The number of carbonyl (C=O) groups is 2. The Morgan fingerprint density at radius 1 is 0.969 bits per heavy atom. The molecule has 19 nitrogen and oxygen atoms in total. The highest BCUT2D eigenvalue weighted by Gasteiger charge is 2.30. The lowest BCUT2D eigenvalue weighted by atomic mass is 9.92. The van der Waals surface area contributed by atoms with Crippen molar-refractivity contribution in [2.45, 2.75) is 81.5 Å². The molecule has 21 heteroatoms. The van der Waals surface area contributed by atoms with E-state index >= 15 is 4.39 Å². The summed E-state index contributed by atoms with van der Waals surface area (Å²) in [5.74, 6) is -0.0307. The summed E-state index contributed by atoms with van der Waals surface area (Å²) < 4.78 is 60.1. The maximum atomic E-state index is 15.8. The van der Waals surface area contributed by atoms with Gasteiger partial charge in [0, 0.05) is 56.5 Å². The summed E-state index contributed by atoms with van der Waals surface area (Å²) in [5, 5.41) is 19.4. The molecule has 3 amide bonds. The van der Waals surface area contributed by atoms with Crippen molar-refractivity contribution in [1.29, 1.82) is 0 Å². The molecule has 0 radical (unpaired) electrons. The highest BCUT2D eigenvalue weighted by atomic mass is 32.2. The van der Waals surface area contributed by atoms with Gasteiger partial charge in [0.15, 0.2) is 17.2 Å². The summed E-state index contributed by atoms with van der Waals surface area (Å²) in [6, 6.07) is 13.9. The molecule has 2 aliphatic rings. The second-order valence-electron chi connectivity index (χ2n) is 16.3. The molecule has 0 aliphatic carbocycles. The lowest BCUT2D eigenvalue weighted by molar-refractivity contribution is -0.120. The Bertz CT molecular complexity index is 3050. The second-order valence-corrected chi connectivity index (χ2v) is 18.3. The number of nitrogens with one attached hydrogen (secondary N) is 2. The van der Waals surface area contributed by atoms with Gasteiger partial charge in [0.25, 0.3) is 0 Å². The predicted octanol–water partition coefficient (Wildman–Crippen LogP) is 6.15. The molecule has 2 fully saturated rings. The summed E-state index contributed by atoms with van der Waals surface area (Å²) in [7, 11) is -2.30. The zero-order valence-electron chi connectivity index (χ0n) is 36.5. The Labute approximate surface area is 373 Å². The first-order valence-corrected chi connectivity index (χ1v) is 22.9. The molecule has 1 unspecified atom stereocenters. The molecule has 338 valence electrons. The topological polar surface area (TPSA) is 209 Å². The Balaban J connectivity index is 0.857. The average Bonchev–Trinajstić information content (AvgIpc) is 4.02. The van der Waals surface area contributed by atoms with Crippen molar-refractivity contribution in [2.75, 3.05) is 36.5 Å². The number of rotatable bonds is 14. The van der Waals surface area contributed by atoms with Crippen LogP contribution in [0, 0.1) is 5.82 Å². The molecule has 65 heavy (non-hydrogen) atoms. The number of anilines is 3. The average molecular weight is 906 g/mol. The molecule has 9 rings (SSSR count). The number of sulfone groups is 1. The molecule has 0 saturated carbocycles.